The maximum atomic E-state index is 10.6. The monoisotopic (exact) mass is 445 g/mol. The number of nitrogens with zero attached hydrogens (tertiary/aromatic N) is 5. The molecule has 0 unspecified atom stereocenters. The smallest absolute Gasteiger partial charge is 0.335 e. The lowest BCUT2D eigenvalue weighted by Gasteiger charge is -1.97. The summed E-state index contributed by atoms with van der Waals surface area (Å²) in [5.74, 6) is 0.284. The lowest BCUT2D eigenvalue weighted by molar-refractivity contribution is 0.0696. The zero-order valence-corrected chi connectivity index (χ0v) is 17.9. The van der Waals surface area contributed by atoms with Gasteiger partial charge in [-0.25, -0.2) is 9.78 Å². The van der Waals surface area contributed by atoms with Gasteiger partial charge in [0.2, 0.25) is 0 Å². The van der Waals surface area contributed by atoms with Crippen molar-refractivity contribution in [2.24, 2.45) is 0 Å². The van der Waals surface area contributed by atoms with Crippen LogP contribution in [0.4, 0.5) is 0 Å². The number of carbonyl (C=O) groups is 1. The summed E-state index contributed by atoms with van der Waals surface area (Å²) in [6.07, 6.45) is 9.56. The van der Waals surface area contributed by atoms with Crippen LogP contribution < -0.4 is 0 Å². The van der Waals surface area contributed by atoms with Gasteiger partial charge in [0, 0.05) is 41.8 Å². The summed E-state index contributed by atoms with van der Waals surface area (Å²) in [6.45, 7) is 0. The maximum absolute atomic E-state index is 10.6. The van der Waals surface area contributed by atoms with Gasteiger partial charge in [-0.15, -0.1) is 0 Å². The van der Waals surface area contributed by atoms with E-state index >= 15 is 0 Å². The number of hydrogen-bond acceptors (Lipinski definition) is 6. The van der Waals surface area contributed by atoms with Crippen LogP contribution in [0.2, 0.25) is 5.15 Å². The molecule has 0 bridgehead atoms. The summed E-state index contributed by atoms with van der Waals surface area (Å²) in [6, 6.07) is 14.0. The number of nitriles is 2. The maximum Gasteiger partial charge on any atom is 0.335 e. The molecule has 0 aromatic carbocycles. The van der Waals surface area contributed by atoms with E-state index in [2.05, 4.69) is 21.0 Å². The zero-order chi connectivity index (χ0) is 22.9. The molecule has 0 spiro atoms. The predicted octanol–water partition coefficient (Wildman–Crippen LogP) is 5.09. The highest BCUT2D eigenvalue weighted by molar-refractivity contribution is 6.29. The Balaban J connectivity index is 0.000000137. The lowest BCUT2D eigenvalue weighted by Crippen LogP contribution is -1.98. The van der Waals surface area contributed by atoms with Crippen LogP contribution in [-0.2, 0) is 0 Å². The predicted molar refractivity (Wildman–Crippen MR) is 118 cm³/mol. The van der Waals surface area contributed by atoms with Crippen LogP contribution in [0.3, 0.4) is 0 Å². The molecule has 2 aliphatic rings. The Morgan fingerprint density at radius 3 is 1.81 bits per heavy atom. The quantitative estimate of drug-likeness (QED) is 0.556. The third-order valence-electron chi connectivity index (χ3n) is 4.79. The van der Waals surface area contributed by atoms with Crippen molar-refractivity contribution in [3.63, 3.8) is 0 Å². The van der Waals surface area contributed by atoms with Crippen LogP contribution in [0.1, 0.15) is 70.4 Å². The summed E-state index contributed by atoms with van der Waals surface area (Å²) in [5.41, 5.74) is 3.61. The minimum absolute atomic E-state index is 0.340. The molecule has 0 aliphatic heterocycles. The van der Waals surface area contributed by atoms with Crippen LogP contribution in [0.5, 0.6) is 0 Å². The number of hydrogen-bond donors (Lipinski definition) is 1. The van der Waals surface area contributed by atoms with Crippen LogP contribution in [0.25, 0.3) is 0 Å². The second-order valence-corrected chi connectivity index (χ2v) is 7.77. The van der Waals surface area contributed by atoms with E-state index in [4.69, 9.17) is 27.2 Å². The van der Waals surface area contributed by atoms with Gasteiger partial charge in [0.05, 0.1) is 28.8 Å². The van der Waals surface area contributed by atoms with E-state index in [1.165, 1.54) is 31.2 Å². The summed E-state index contributed by atoms with van der Waals surface area (Å²) >= 11 is 5.46. The van der Waals surface area contributed by atoms with Gasteiger partial charge in [0.1, 0.15) is 5.15 Å². The number of rotatable bonds is 3. The van der Waals surface area contributed by atoms with Crippen molar-refractivity contribution in [2.45, 2.75) is 37.5 Å². The highest BCUT2D eigenvalue weighted by Crippen LogP contribution is 2.39. The number of carboxylic acid groups (broad SMARTS) is 1. The Bertz CT molecular complexity index is 1180. The van der Waals surface area contributed by atoms with E-state index in [0.29, 0.717) is 28.1 Å². The second kappa shape index (κ2) is 11.0. The van der Waals surface area contributed by atoms with E-state index < -0.39 is 5.97 Å². The number of carboxylic acids is 1. The average molecular weight is 446 g/mol. The molecule has 0 radical (unpaired) electrons. The van der Waals surface area contributed by atoms with Crippen molar-refractivity contribution in [1.82, 2.24) is 15.0 Å². The van der Waals surface area contributed by atoms with Gasteiger partial charge in [0.25, 0.3) is 0 Å². The Hall–Kier alpha value is -3.81. The molecule has 3 heterocycles. The molecule has 160 valence electrons. The molecule has 0 saturated heterocycles. The third-order valence-corrected chi connectivity index (χ3v) is 4.99. The molecule has 3 aromatic rings. The van der Waals surface area contributed by atoms with E-state index in [0.717, 1.165) is 29.8 Å². The van der Waals surface area contributed by atoms with E-state index in [1.54, 1.807) is 30.6 Å². The van der Waals surface area contributed by atoms with Gasteiger partial charge in [-0.3, -0.25) is 9.97 Å². The Kier molecular flexibility index (Phi) is 7.85. The first-order chi connectivity index (χ1) is 15.5. The molecule has 2 fully saturated rings. The van der Waals surface area contributed by atoms with Crippen molar-refractivity contribution in [2.75, 3.05) is 0 Å². The molecular formula is C24H20ClN5O2. The molecule has 0 amide bonds. The van der Waals surface area contributed by atoms with Gasteiger partial charge < -0.3 is 5.11 Å². The molecular weight excluding hydrogens is 426 g/mol. The summed E-state index contributed by atoms with van der Waals surface area (Å²) in [7, 11) is 0. The molecule has 5 rings (SSSR count). The summed E-state index contributed by atoms with van der Waals surface area (Å²) < 4.78 is 0. The molecule has 3 aromatic heterocycles. The van der Waals surface area contributed by atoms with Crippen LogP contribution in [0.15, 0.2) is 55.0 Å². The number of aromatic nitrogens is 3. The first kappa shape index (κ1) is 22.9. The standard InChI is InChI=1S/C9H8N2.C9H9NO2.C6H3ClN2/c10-6-7-3-4-11-9(5-7)8-1-2-8;11-9(12)7-3-4-10-8(5-7)6-1-2-6;7-6-3-5(4-8)1-2-9-6/h3-5,8H,1-2H2;3-6H,1-2H2,(H,11,12);1-3H. The normalized spacial score (nSPS) is 13.8. The van der Waals surface area contributed by atoms with Crippen LogP contribution in [0, 0.1) is 22.7 Å². The minimum Gasteiger partial charge on any atom is -0.478 e. The van der Waals surface area contributed by atoms with E-state index in [9.17, 15) is 4.79 Å². The highest BCUT2D eigenvalue weighted by atomic mass is 35.5. The Morgan fingerprint density at radius 2 is 1.34 bits per heavy atom. The van der Waals surface area contributed by atoms with Crippen molar-refractivity contribution in [1.29, 1.82) is 10.5 Å². The van der Waals surface area contributed by atoms with Crippen molar-refractivity contribution < 1.29 is 9.90 Å². The molecule has 1 N–H and O–H groups in total. The van der Waals surface area contributed by atoms with Crippen molar-refractivity contribution in [3.05, 3.63) is 88.2 Å². The molecule has 8 heteroatoms. The molecule has 2 aliphatic carbocycles. The van der Waals surface area contributed by atoms with Gasteiger partial charge >= 0.3 is 5.97 Å². The van der Waals surface area contributed by atoms with Crippen molar-refractivity contribution >= 4 is 17.6 Å². The number of pyridine rings is 3. The first-order valence-electron chi connectivity index (χ1n) is 10.1. The van der Waals surface area contributed by atoms with E-state index in [1.807, 2.05) is 12.1 Å². The first-order valence-corrected chi connectivity index (χ1v) is 10.4. The molecule has 32 heavy (non-hydrogen) atoms. The van der Waals surface area contributed by atoms with Gasteiger partial charge in [0.15, 0.2) is 0 Å². The SMILES string of the molecule is N#Cc1ccnc(C2CC2)c1.N#Cc1ccnc(Cl)c1.O=C(O)c1ccnc(C2CC2)c1. The number of halogens is 1. The van der Waals surface area contributed by atoms with Crippen molar-refractivity contribution in [3.8, 4) is 12.1 Å². The fourth-order valence-electron chi connectivity index (χ4n) is 2.78. The van der Waals surface area contributed by atoms with Gasteiger partial charge in [-0.05, 0) is 62.1 Å². The van der Waals surface area contributed by atoms with Crippen LogP contribution >= 0.6 is 11.6 Å². The largest absolute Gasteiger partial charge is 0.478 e. The van der Waals surface area contributed by atoms with E-state index in [-0.39, 0.29) is 0 Å². The summed E-state index contributed by atoms with van der Waals surface area (Å²) in [5, 5.41) is 26.0. The topological polar surface area (TPSA) is 124 Å². The van der Waals surface area contributed by atoms with Gasteiger partial charge in [-0.2, -0.15) is 10.5 Å². The fourth-order valence-corrected chi connectivity index (χ4v) is 2.95. The highest BCUT2D eigenvalue weighted by Gasteiger charge is 2.25. The fraction of sp³-hybridized carbons (Fsp3) is 0.250. The Morgan fingerprint density at radius 1 is 0.844 bits per heavy atom. The third kappa shape index (κ3) is 7.16. The van der Waals surface area contributed by atoms with Gasteiger partial charge in [-0.1, -0.05) is 11.6 Å². The minimum atomic E-state index is -0.876. The Labute approximate surface area is 191 Å². The zero-order valence-electron chi connectivity index (χ0n) is 17.1. The molecule has 7 nitrogen and oxygen atoms in total. The average Bonchev–Trinajstić information content (AvgIpc) is 3.73. The molecule has 2 saturated carbocycles. The van der Waals surface area contributed by atoms with Crippen LogP contribution in [-0.4, -0.2) is 26.0 Å². The second-order valence-electron chi connectivity index (χ2n) is 7.38. The number of aromatic carboxylic acids is 1. The summed E-state index contributed by atoms with van der Waals surface area (Å²) in [4.78, 5) is 22.6. The lowest BCUT2D eigenvalue weighted by atomic mass is 10.2. The molecule has 0 atom stereocenters.